The summed E-state index contributed by atoms with van der Waals surface area (Å²) in [7, 11) is -3.71. The number of amides is 2. The molecule has 0 aromatic heterocycles. The third kappa shape index (κ3) is 4.96. The minimum absolute atomic E-state index is 0.0646. The highest BCUT2D eigenvalue weighted by atomic mass is 32.2. The van der Waals surface area contributed by atoms with E-state index in [1.54, 1.807) is 53.4 Å². The van der Waals surface area contributed by atoms with E-state index >= 15 is 0 Å². The molecule has 0 radical (unpaired) electrons. The van der Waals surface area contributed by atoms with Gasteiger partial charge in [-0.15, -0.1) is 0 Å². The van der Waals surface area contributed by atoms with Gasteiger partial charge in [0.15, 0.2) is 0 Å². The fraction of sp³-hybridized carbons (Fsp3) is 0.417. The lowest BCUT2D eigenvalue weighted by Gasteiger charge is -2.25. The Hall–Kier alpha value is -2.87. The molecule has 2 aromatic carbocycles. The molecule has 4 rings (SSSR count). The van der Waals surface area contributed by atoms with Crippen molar-refractivity contribution in [3.8, 4) is 0 Å². The smallest absolute Gasteiger partial charge is 0.261 e. The third-order valence-electron chi connectivity index (χ3n) is 6.23. The molecule has 7 nitrogen and oxygen atoms in total. The Morgan fingerprint density at radius 3 is 2.22 bits per heavy atom. The van der Waals surface area contributed by atoms with Crippen molar-refractivity contribution in [2.24, 2.45) is 0 Å². The van der Waals surface area contributed by atoms with Crippen molar-refractivity contribution in [1.82, 2.24) is 10.2 Å². The number of hydrogen-bond donors (Lipinski definition) is 2. The molecule has 1 unspecified atom stereocenters. The van der Waals surface area contributed by atoms with Gasteiger partial charge in [0.25, 0.3) is 15.9 Å². The van der Waals surface area contributed by atoms with Crippen LogP contribution in [0.15, 0.2) is 53.4 Å². The average molecular weight is 456 g/mol. The quantitative estimate of drug-likeness (QED) is 0.697. The Morgan fingerprint density at radius 1 is 0.906 bits per heavy atom. The van der Waals surface area contributed by atoms with E-state index in [0.717, 1.165) is 37.7 Å². The molecule has 2 fully saturated rings. The first-order valence-electron chi connectivity index (χ1n) is 11.1. The molecular weight excluding hydrogens is 426 g/mol. The van der Waals surface area contributed by atoms with E-state index in [1.165, 1.54) is 0 Å². The van der Waals surface area contributed by atoms with Crippen molar-refractivity contribution < 1.29 is 18.0 Å². The number of likely N-dealkylation sites (tertiary alicyclic amines) is 1. The topological polar surface area (TPSA) is 95.6 Å². The van der Waals surface area contributed by atoms with Gasteiger partial charge in [-0.05, 0) is 69.0 Å². The highest BCUT2D eigenvalue weighted by Gasteiger charge is 2.35. The Labute approximate surface area is 189 Å². The number of sulfonamides is 1. The predicted octanol–water partition coefficient (Wildman–Crippen LogP) is 3.46. The zero-order valence-corrected chi connectivity index (χ0v) is 19.0. The summed E-state index contributed by atoms with van der Waals surface area (Å²) in [6.45, 7) is 2.44. The van der Waals surface area contributed by atoms with E-state index < -0.39 is 16.1 Å². The number of rotatable bonds is 6. The van der Waals surface area contributed by atoms with Crippen LogP contribution in [0.4, 0.5) is 5.69 Å². The van der Waals surface area contributed by atoms with Crippen LogP contribution in [0.5, 0.6) is 0 Å². The van der Waals surface area contributed by atoms with Gasteiger partial charge in [-0.3, -0.25) is 14.3 Å². The molecule has 32 heavy (non-hydrogen) atoms. The molecule has 1 heterocycles. The minimum atomic E-state index is -3.71. The monoisotopic (exact) mass is 455 g/mol. The summed E-state index contributed by atoms with van der Waals surface area (Å²) in [6, 6.07) is 12.7. The molecule has 1 aliphatic heterocycles. The van der Waals surface area contributed by atoms with Gasteiger partial charge in [0, 0.05) is 23.8 Å². The van der Waals surface area contributed by atoms with E-state index in [0.29, 0.717) is 24.2 Å². The van der Waals surface area contributed by atoms with Gasteiger partial charge < -0.3 is 10.2 Å². The zero-order valence-electron chi connectivity index (χ0n) is 18.2. The highest BCUT2D eigenvalue weighted by molar-refractivity contribution is 7.92. The van der Waals surface area contributed by atoms with Gasteiger partial charge in [0.2, 0.25) is 5.91 Å². The van der Waals surface area contributed by atoms with Crippen molar-refractivity contribution in [1.29, 1.82) is 0 Å². The lowest BCUT2D eigenvalue weighted by Crippen LogP contribution is -2.48. The summed E-state index contributed by atoms with van der Waals surface area (Å²) in [5.41, 5.74) is 1.78. The molecular formula is C24H29N3O4S. The number of hydrogen-bond acceptors (Lipinski definition) is 4. The van der Waals surface area contributed by atoms with Gasteiger partial charge >= 0.3 is 0 Å². The van der Waals surface area contributed by atoms with Crippen LogP contribution in [0.1, 0.15) is 54.4 Å². The standard InChI is InChI=1S/C24H29N3O4S/c1-17-8-14-21(15-9-17)32(30,31)26-20-12-10-18(11-13-20)24(29)27-16-4-7-22(27)23(28)25-19-5-2-3-6-19/h8-15,19,22,26H,2-7,16H2,1H3,(H,25,28). The van der Waals surface area contributed by atoms with Gasteiger partial charge in [-0.2, -0.15) is 0 Å². The maximum atomic E-state index is 13.1. The van der Waals surface area contributed by atoms with Gasteiger partial charge in [0.05, 0.1) is 4.90 Å². The molecule has 0 spiro atoms. The normalized spacial score (nSPS) is 19.2. The van der Waals surface area contributed by atoms with Crippen LogP contribution in [-0.4, -0.2) is 43.8 Å². The second kappa shape index (κ2) is 9.32. The maximum absolute atomic E-state index is 13.1. The van der Waals surface area contributed by atoms with E-state index in [4.69, 9.17) is 0 Å². The Kier molecular flexibility index (Phi) is 6.50. The van der Waals surface area contributed by atoms with Crippen molar-refractivity contribution >= 4 is 27.5 Å². The molecule has 1 aliphatic carbocycles. The number of aryl methyl sites for hydroxylation is 1. The maximum Gasteiger partial charge on any atom is 0.261 e. The first-order chi connectivity index (χ1) is 15.3. The molecule has 1 saturated heterocycles. The van der Waals surface area contributed by atoms with Crippen molar-refractivity contribution in [3.05, 3.63) is 59.7 Å². The van der Waals surface area contributed by atoms with Gasteiger partial charge in [0.1, 0.15) is 6.04 Å². The summed E-state index contributed by atoms with van der Waals surface area (Å²) in [5, 5.41) is 3.10. The Balaban J connectivity index is 1.42. The summed E-state index contributed by atoms with van der Waals surface area (Å²) in [6.07, 6.45) is 5.75. The average Bonchev–Trinajstić information content (AvgIpc) is 3.46. The predicted molar refractivity (Wildman–Crippen MR) is 123 cm³/mol. The molecule has 170 valence electrons. The number of carbonyl (C=O) groups is 2. The van der Waals surface area contributed by atoms with Crippen LogP contribution in [-0.2, 0) is 14.8 Å². The zero-order chi connectivity index (χ0) is 22.7. The van der Waals surface area contributed by atoms with Crippen LogP contribution >= 0.6 is 0 Å². The lowest BCUT2D eigenvalue weighted by molar-refractivity contribution is -0.125. The second-order valence-electron chi connectivity index (χ2n) is 8.64. The number of benzene rings is 2. The number of carbonyl (C=O) groups excluding carboxylic acids is 2. The van der Waals surface area contributed by atoms with Crippen molar-refractivity contribution in [3.63, 3.8) is 0 Å². The fourth-order valence-corrected chi connectivity index (χ4v) is 5.49. The Morgan fingerprint density at radius 2 is 1.56 bits per heavy atom. The molecule has 1 saturated carbocycles. The molecule has 2 amide bonds. The van der Waals surface area contributed by atoms with E-state index in [1.807, 2.05) is 6.92 Å². The van der Waals surface area contributed by atoms with E-state index in [2.05, 4.69) is 10.0 Å². The van der Waals surface area contributed by atoms with Crippen LogP contribution in [0.25, 0.3) is 0 Å². The van der Waals surface area contributed by atoms with Crippen LogP contribution in [0.3, 0.4) is 0 Å². The van der Waals surface area contributed by atoms with E-state index in [-0.39, 0.29) is 22.8 Å². The number of nitrogens with one attached hydrogen (secondary N) is 2. The second-order valence-corrected chi connectivity index (χ2v) is 10.3. The minimum Gasteiger partial charge on any atom is -0.352 e. The highest BCUT2D eigenvalue weighted by Crippen LogP contribution is 2.24. The fourth-order valence-electron chi connectivity index (χ4n) is 4.43. The van der Waals surface area contributed by atoms with Gasteiger partial charge in [-0.25, -0.2) is 8.42 Å². The van der Waals surface area contributed by atoms with Crippen molar-refractivity contribution in [2.75, 3.05) is 11.3 Å². The molecule has 8 heteroatoms. The molecule has 1 atom stereocenters. The third-order valence-corrected chi connectivity index (χ3v) is 7.63. The van der Waals surface area contributed by atoms with Crippen LogP contribution < -0.4 is 10.0 Å². The molecule has 2 N–H and O–H groups in total. The lowest BCUT2D eigenvalue weighted by atomic mass is 10.1. The van der Waals surface area contributed by atoms with Crippen LogP contribution in [0, 0.1) is 6.92 Å². The first-order valence-corrected chi connectivity index (χ1v) is 12.6. The summed E-state index contributed by atoms with van der Waals surface area (Å²) < 4.78 is 27.7. The summed E-state index contributed by atoms with van der Waals surface area (Å²) >= 11 is 0. The largest absolute Gasteiger partial charge is 0.352 e. The number of nitrogens with zero attached hydrogens (tertiary/aromatic N) is 1. The molecule has 2 aromatic rings. The summed E-state index contributed by atoms with van der Waals surface area (Å²) in [4.78, 5) is 27.6. The number of anilines is 1. The summed E-state index contributed by atoms with van der Waals surface area (Å²) in [5.74, 6) is -0.271. The van der Waals surface area contributed by atoms with Gasteiger partial charge in [-0.1, -0.05) is 30.5 Å². The van der Waals surface area contributed by atoms with Crippen molar-refractivity contribution in [2.45, 2.75) is 62.4 Å². The first kappa shape index (κ1) is 22.3. The van der Waals surface area contributed by atoms with Crippen LogP contribution in [0.2, 0.25) is 0 Å². The van der Waals surface area contributed by atoms with E-state index in [9.17, 15) is 18.0 Å². The molecule has 2 aliphatic rings. The SMILES string of the molecule is Cc1ccc(S(=O)(=O)Nc2ccc(C(=O)N3CCCC3C(=O)NC3CCCC3)cc2)cc1. The molecule has 0 bridgehead atoms. The Bertz CT molecular complexity index is 1080.